The Morgan fingerprint density at radius 3 is 1.55 bits per heavy atom. The van der Waals surface area contributed by atoms with E-state index in [1.54, 1.807) is 0 Å². The molecule has 0 aliphatic rings. The summed E-state index contributed by atoms with van der Waals surface area (Å²) in [6, 6.07) is 23.7. The van der Waals surface area contributed by atoms with Crippen LogP contribution in [0.4, 0.5) is 11.4 Å². The fourth-order valence-corrected chi connectivity index (χ4v) is 2.88. The Hall–Kier alpha value is -2.45. The van der Waals surface area contributed by atoms with Gasteiger partial charge in [0, 0.05) is 22.3 Å². The minimum Gasteiger partial charge on any atom is -0.399 e. The van der Waals surface area contributed by atoms with E-state index in [9.17, 15) is 0 Å². The van der Waals surface area contributed by atoms with Crippen LogP contribution in [0.3, 0.4) is 0 Å². The Bertz CT molecular complexity index is 719. The predicted molar refractivity (Wildman–Crippen MR) is 94.1 cm³/mol. The van der Waals surface area contributed by atoms with Crippen LogP contribution in [0.25, 0.3) is 0 Å². The SMILES string of the molecule is Nc1ccc(C(c2ccc(N)cc2)c2ccccc2Cl)cc1. The Kier molecular flexibility index (Phi) is 4.03. The van der Waals surface area contributed by atoms with Crippen LogP contribution < -0.4 is 11.5 Å². The predicted octanol–water partition coefficient (Wildman–Crippen LogP) is 4.68. The second-order valence-electron chi connectivity index (χ2n) is 5.29. The fourth-order valence-electron chi connectivity index (χ4n) is 2.64. The van der Waals surface area contributed by atoms with E-state index in [1.807, 2.05) is 66.7 Å². The number of halogens is 1. The molecule has 0 fully saturated rings. The van der Waals surface area contributed by atoms with E-state index in [-0.39, 0.29) is 5.92 Å². The van der Waals surface area contributed by atoms with E-state index >= 15 is 0 Å². The van der Waals surface area contributed by atoms with Crippen LogP contribution in [0, 0.1) is 0 Å². The Balaban J connectivity index is 2.16. The summed E-state index contributed by atoms with van der Waals surface area (Å²) >= 11 is 6.43. The van der Waals surface area contributed by atoms with Crippen LogP contribution in [-0.2, 0) is 0 Å². The molecule has 3 heteroatoms. The lowest BCUT2D eigenvalue weighted by molar-refractivity contribution is 0.978. The summed E-state index contributed by atoms with van der Waals surface area (Å²) in [6.45, 7) is 0. The highest BCUT2D eigenvalue weighted by atomic mass is 35.5. The van der Waals surface area contributed by atoms with Gasteiger partial charge in [-0.1, -0.05) is 54.1 Å². The van der Waals surface area contributed by atoms with Gasteiger partial charge in [-0.25, -0.2) is 0 Å². The molecule has 0 radical (unpaired) electrons. The number of nitrogen functional groups attached to an aromatic ring is 2. The van der Waals surface area contributed by atoms with Gasteiger partial charge in [0.15, 0.2) is 0 Å². The molecule has 2 nitrogen and oxygen atoms in total. The van der Waals surface area contributed by atoms with E-state index in [1.165, 1.54) is 0 Å². The van der Waals surface area contributed by atoms with Gasteiger partial charge in [0.25, 0.3) is 0 Å². The second-order valence-corrected chi connectivity index (χ2v) is 5.70. The van der Waals surface area contributed by atoms with Gasteiger partial charge >= 0.3 is 0 Å². The lowest BCUT2D eigenvalue weighted by Gasteiger charge is -2.20. The first-order chi connectivity index (χ1) is 10.6. The normalized spacial score (nSPS) is 10.8. The van der Waals surface area contributed by atoms with Gasteiger partial charge in [-0.15, -0.1) is 0 Å². The lowest BCUT2D eigenvalue weighted by Crippen LogP contribution is -2.04. The number of hydrogen-bond acceptors (Lipinski definition) is 2. The van der Waals surface area contributed by atoms with Crippen molar-refractivity contribution < 1.29 is 0 Å². The zero-order chi connectivity index (χ0) is 15.5. The number of benzene rings is 3. The number of hydrogen-bond donors (Lipinski definition) is 2. The van der Waals surface area contributed by atoms with E-state index in [0.717, 1.165) is 33.1 Å². The number of anilines is 2. The quantitative estimate of drug-likeness (QED) is 0.545. The first kappa shape index (κ1) is 14.5. The highest BCUT2D eigenvalue weighted by Crippen LogP contribution is 2.36. The van der Waals surface area contributed by atoms with E-state index < -0.39 is 0 Å². The summed E-state index contributed by atoms with van der Waals surface area (Å²) in [5.41, 5.74) is 16.5. The molecule has 0 heterocycles. The number of rotatable bonds is 3. The Morgan fingerprint density at radius 1 is 0.636 bits per heavy atom. The lowest BCUT2D eigenvalue weighted by atomic mass is 9.85. The smallest absolute Gasteiger partial charge is 0.0447 e. The first-order valence-corrected chi connectivity index (χ1v) is 7.48. The van der Waals surface area contributed by atoms with Gasteiger partial charge in [0.05, 0.1) is 0 Å². The molecule has 0 aliphatic carbocycles. The average Bonchev–Trinajstić information content (AvgIpc) is 2.53. The summed E-state index contributed by atoms with van der Waals surface area (Å²) in [5, 5.41) is 0.751. The van der Waals surface area contributed by atoms with E-state index in [2.05, 4.69) is 6.07 Å². The van der Waals surface area contributed by atoms with Gasteiger partial charge in [0.1, 0.15) is 0 Å². The van der Waals surface area contributed by atoms with Gasteiger partial charge in [-0.05, 0) is 47.0 Å². The maximum Gasteiger partial charge on any atom is 0.0447 e. The van der Waals surface area contributed by atoms with Crippen molar-refractivity contribution in [1.29, 1.82) is 0 Å². The Morgan fingerprint density at radius 2 is 1.09 bits per heavy atom. The molecule has 0 spiro atoms. The average molecular weight is 309 g/mol. The van der Waals surface area contributed by atoms with Gasteiger partial charge in [-0.3, -0.25) is 0 Å². The molecule has 0 atom stereocenters. The van der Waals surface area contributed by atoms with Crippen LogP contribution in [0.2, 0.25) is 5.02 Å². The van der Waals surface area contributed by atoms with Gasteiger partial charge < -0.3 is 11.5 Å². The third-order valence-electron chi connectivity index (χ3n) is 3.76. The number of nitrogens with two attached hydrogens (primary N) is 2. The van der Waals surface area contributed by atoms with Crippen LogP contribution in [-0.4, -0.2) is 0 Å². The molecule has 0 aromatic heterocycles. The van der Waals surface area contributed by atoms with E-state index in [0.29, 0.717) is 0 Å². The van der Waals surface area contributed by atoms with Crippen LogP contribution in [0.1, 0.15) is 22.6 Å². The molecule has 0 saturated heterocycles. The zero-order valence-electron chi connectivity index (χ0n) is 12.0. The topological polar surface area (TPSA) is 52.0 Å². The summed E-state index contributed by atoms with van der Waals surface area (Å²) < 4.78 is 0. The van der Waals surface area contributed by atoms with Gasteiger partial charge in [0.2, 0.25) is 0 Å². The van der Waals surface area contributed by atoms with E-state index in [4.69, 9.17) is 23.1 Å². The van der Waals surface area contributed by atoms with Crippen molar-refractivity contribution in [3.8, 4) is 0 Å². The van der Waals surface area contributed by atoms with Crippen molar-refractivity contribution in [3.63, 3.8) is 0 Å². The maximum absolute atomic E-state index is 6.43. The maximum atomic E-state index is 6.43. The van der Waals surface area contributed by atoms with Crippen molar-refractivity contribution in [1.82, 2.24) is 0 Å². The third-order valence-corrected chi connectivity index (χ3v) is 4.10. The van der Waals surface area contributed by atoms with Crippen LogP contribution in [0.5, 0.6) is 0 Å². The summed E-state index contributed by atoms with van der Waals surface area (Å²) in [7, 11) is 0. The minimum absolute atomic E-state index is 0.0508. The minimum atomic E-state index is 0.0508. The molecule has 0 unspecified atom stereocenters. The third kappa shape index (κ3) is 2.92. The monoisotopic (exact) mass is 308 g/mol. The molecule has 3 aromatic carbocycles. The molecule has 3 aromatic rings. The molecule has 110 valence electrons. The highest BCUT2D eigenvalue weighted by molar-refractivity contribution is 6.31. The first-order valence-electron chi connectivity index (χ1n) is 7.10. The van der Waals surface area contributed by atoms with Crippen LogP contribution >= 0.6 is 11.6 Å². The molecule has 0 saturated carbocycles. The standard InChI is InChI=1S/C19H17ClN2/c20-18-4-2-1-3-17(18)19(13-5-9-15(21)10-6-13)14-7-11-16(22)12-8-14/h1-12,19H,21-22H2. The molecule has 0 amide bonds. The molecule has 0 aliphatic heterocycles. The Labute approximate surface area is 135 Å². The largest absolute Gasteiger partial charge is 0.399 e. The van der Waals surface area contributed by atoms with Crippen molar-refractivity contribution in [2.45, 2.75) is 5.92 Å². The van der Waals surface area contributed by atoms with Gasteiger partial charge in [-0.2, -0.15) is 0 Å². The summed E-state index contributed by atoms with van der Waals surface area (Å²) in [5.74, 6) is 0.0508. The highest BCUT2D eigenvalue weighted by Gasteiger charge is 2.19. The van der Waals surface area contributed by atoms with Crippen molar-refractivity contribution in [2.24, 2.45) is 0 Å². The summed E-state index contributed by atoms with van der Waals surface area (Å²) in [6.07, 6.45) is 0. The van der Waals surface area contributed by atoms with Crippen molar-refractivity contribution in [3.05, 3.63) is 94.5 Å². The molecule has 22 heavy (non-hydrogen) atoms. The summed E-state index contributed by atoms with van der Waals surface area (Å²) in [4.78, 5) is 0. The van der Waals surface area contributed by atoms with Crippen LogP contribution in [0.15, 0.2) is 72.8 Å². The van der Waals surface area contributed by atoms with Crippen molar-refractivity contribution >= 4 is 23.0 Å². The van der Waals surface area contributed by atoms with Crippen molar-refractivity contribution in [2.75, 3.05) is 11.5 Å². The molecule has 0 bridgehead atoms. The molecular weight excluding hydrogens is 292 g/mol. The molecule has 3 rings (SSSR count). The molecule has 4 N–H and O–H groups in total. The zero-order valence-corrected chi connectivity index (χ0v) is 12.8. The second kappa shape index (κ2) is 6.12. The molecular formula is C19H17ClN2. The fraction of sp³-hybridized carbons (Fsp3) is 0.0526.